The van der Waals surface area contributed by atoms with Gasteiger partial charge in [-0.25, -0.2) is 14.6 Å². The summed E-state index contributed by atoms with van der Waals surface area (Å²) in [4.78, 5) is 19.5. The second-order valence-electron chi connectivity index (χ2n) is 5.78. The molecule has 0 atom stereocenters. The van der Waals surface area contributed by atoms with E-state index in [2.05, 4.69) is 4.85 Å². The number of hydrogen-bond donors (Lipinski definition) is 1. The van der Waals surface area contributed by atoms with Crippen LogP contribution in [0.5, 0.6) is 0 Å². The third-order valence-electron chi connectivity index (χ3n) is 4.15. The highest BCUT2D eigenvalue weighted by Crippen LogP contribution is 2.31. The largest absolute Gasteiger partial charge is 0.478 e. The van der Waals surface area contributed by atoms with Crippen LogP contribution in [0.4, 0.5) is 5.69 Å². The molecule has 124 valence electrons. The lowest BCUT2D eigenvalue weighted by atomic mass is 10.1. The quantitative estimate of drug-likeness (QED) is 0.538. The fraction of sp³-hybridized carbons (Fsp3) is 0. The first-order chi connectivity index (χ1) is 12.7. The Hall–Kier alpha value is -3.91. The third-order valence-corrected chi connectivity index (χ3v) is 4.15. The number of hydrogen-bond acceptors (Lipinski definition) is 2. The maximum absolute atomic E-state index is 11.4. The Morgan fingerprint density at radius 3 is 2.54 bits per heavy atom. The first kappa shape index (κ1) is 15.6. The second-order valence-corrected chi connectivity index (χ2v) is 5.78. The molecule has 1 heterocycles. The van der Waals surface area contributed by atoms with Gasteiger partial charge in [0.15, 0.2) is 5.69 Å². The number of carboxylic acid groups (broad SMARTS) is 1. The average Bonchev–Trinajstić information content (AvgIpc) is 3.07. The summed E-state index contributed by atoms with van der Waals surface area (Å²) in [6, 6.07) is 21.8. The van der Waals surface area contributed by atoms with E-state index in [9.17, 15) is 9.90 Å². The van der Waals surface area contributed by atoms with Gasteiger partial charge in [0.1, 0.15) is 5.82 Å². The normalized spacial score (nSPS) is 10.6. The molecule has 26 heavy (non-hydrogen) atoms. The van der Waals surface area contributed by atoms with Crippen LogP contribution in [0.1, 0.15) is 10.4 Å². The smallest absolute Gasteiger partial charge is 0.335 e. The van der Waals surface area contributed by atoms with Gasteiger partial charge in [0, 0.05) is 11.3 Å². The number of carbonyl (C=O) groups is 1. The molecular formula is C21H13N3O2. The Morgan fingerprint density at radius 1 is 1.00 bits per heavy atom. The minimum absolute atomic E-state index is 0.209. The van der Waals surface area contributed by atoms with Gasteiger partial charge >= 0.3 is 5.97 Å². The topological polar surface area (TPSA) is 59.5 Å². The summed E-state index contributed by atoms with van der Waals surface area (Å²) in [5, 5.41) is 9.32. The Kier molecular flexibility index (Phi) is 3.71. The van der Waals surface area contributed by atoms with Gasteiger partial charge in [-0.15, -0.1) is 0 Å². The summed E-state index contributed by atoms with van der Waals surface area (Å²) in [6.07, 6.45) is 0. The van der Waals surface area contributed by atoms with Crippen LogP contribution in [-0.4, -0.2) is 20.6 Å². The van der Waals surface area contributed by atoms with Crippen molar-refractivity contribution in [3.8, 4) is 17.1 Å². The molecule has 0 unspecified atom stereocenters. The maximum Gasteiger partial charge on any atom is 0.335 e. The Labute approximate surface area is 149 Å². The lowest BCUT2D eigenvalue weighted by molar-refractivity contribution is 0.0697. The molecular weight excluding hydrogens is 326 g/mol. The zero-order chi connectivity index (χ0) is 18.1. The van der Waals surface area contributed by atoms with Crippen molar-refractivity contribution in [3.05, 3.63) is 89.8 Å². The summed E-state index contributed by atoms with van der Waals surface area (Å²) in [5.74, 6) is -0.280. The lowest BCUT2D eigenvalue weighted by Gasteiger charge is -2.10. The highest BCUT2D eigenvalue weighted by atomic mass is 16.4. The predicted octanol–water partition coefficient (Wildman–Crippen LogP) is 4.94. The van der Waals surface area contributed by atoms with Crippen molar-refractivity contribution >= 4 is 22.7 Å². The van der Waals surface area contributed by atoms with E-state index in [1.165, 1.54) is 0 Å². The molecule has 0 saturated carbocycles. The van der Waals surface area contributed by atoms with E-state index in [1.807, 2.05) is 47.0 Å². The fourth-order valence-corrected chi connectivity index (χ4v) is 2.96. The fourth-order valence-electron chi connectivity index (χ4n) is 2.96. The molecule has 0 fully saturated rings. The number of rotatable bonds is 3. The number of imidazole rings is 1. The van der Waals surface area contributed by atoms with E-state index < -0.39 is 5.97 Å². The van der Waals surface area contributed by atoms with E-state index in [4.69, 9.17) is 11.6 Å². The van der Waals surface area contributed by atoms with Crippen LogP contribution in [0, 0.1) is 6.57 Å². The summed E-state index contributed by atoms with van der Waals surface area (Å²) in [7, 11) is 0. The number of benzene rings is 3. The van der Waals surface area contributed by atoms with Crippen molar-refractivity contribution in [3.63, 3.8) is 0 Å². The number of aromatic carboxylic acids is 1. The van der Waals surface area contributed by atoms with Crippen LogP contribution in [0.2, 0.25) is 0 Å². The van der Waals surface area contributed by atoms with Gasteiger partial charge in [0.05, 0.1) is 23.2 Å². The van der Waals surface area contributed by atoms with Crippen molar-refractivity contribution in [2.45, 2.75) is 0 Å². The van der Waals surface area contributed by atoms with E-state index in [1.54, 1.807) is 30.3 Å². The summed E-state index contributed by atoms with van der Waals surface area (Å²) < 4.78 is 1.92. The van der Waals surface area contributed by atoms with Crippen molar-refractivity contribution in [2.75, 3.05) is 0 Å². The summed E-state index contributed by atoms with van der Waals surface area (Å²) >= 11 is 0. The van der Waals surface area contributed by atoms with Gasteiger partial charge in [-0.1, -0.05) is 42.5 Å². The molecule has 0 aliphatic heterocycles. The molecule has 0 amide bonds. The van der Waals surface area contributed by atoms with Crippen LogP contribution in [0.25, 0.3) is 33.0 Å². The molecule has 1 N–H and O–H groups in total. The van der Waals surface area contributed by atoms with Crippen molar-refractivity contribution in [1.82, 2.24) is 9.55 Å². The molecule has 3 aromatic carbocycles. The van der Waals surface area contributed by atoms with Gasteiger partial charge < -0.3 is 5.11 Å². The van der Waals surface area contributed by atoms with Crippen LogP contribution < -0.4 is 0 Å². The minimum Gasteiger partial charge on any atom is -0.478 e. The number of aromatic nitrogens is 2. The molecule has 5 heteroatoms. The van der Waals surface area contributed by atoms with Crippen LogP contribution in [0.3, 0.4) is 0 Å². The molecule has 0 spiro atoms. The molecule has 0 aliphatic rings. The predicted molar refractivity (Wildman–Crippen MR) is 99.7 cm³/mol. The van der Waals surface area contributed by atoms with Crippen molar-refractivity contribution in [2.24, 2.45) is 0 Å². The zero-order valence-corrected chi connectivity index (χ0v) is 13.6. The highest BCUT2D eigenvalue weighted by Gasteiger charge is 2.15. The standard InChI is InChI=1S/C21H13N3O2/c1-22-16-10-11-19-18(13-16)23-20(14-6-3-2-4-7-14)24(19)17-9-5-8-15(12-17)21(25)26/h2-13H,(H,25,26). The molecule has 4 aromatic rings. The van der Waals surface area contributed by atoms with Crippen molar-refractivity contribution < 1.29 is 9.90 Å². The Balaban J connectivity index is 2.05. The molecule has 1 aromatic heterocycles. The van der Waals surface area contributed by atoms with E-state index in [0.717, 1.165) is 11.1 Å². The minimum atomic E-state index is -0.979. The zero-order valence-electron chi connectivity index (χ0n) is 13.6. The molecule has 4 rings (SSSR count). The first-order valence-corrected chi connectivity index (χ1v) is 7.96. The van der Waals surface area contributed by atoms with Gasteiger partial charge in [-0.3, -0.25) is 4.57 Å². The Morgan fingerprint density at radius 2 is 1.81 bits per heavy atom. The maximum atomic E-state index is 11.4. The lowest BCUT2D eigenvalue weighted by Crippen LogP contribution is -2.01. The van der Waals surface area contributed by atoms with Gasteiger partial charge in [0.25, 0.3) is 0 Å². The van der Waals surface area contributed by atoms with E-state index in [0.29, 0.717) is 22.7 Å². The summed E-state index contributed by atoms with van der Waals surface area (Å²) in [5.41, 5.74) is 3.86. The molecule has 0 aliphatic carbocycles. The SMILES string of the molecule is [C-]#[N+]c1ccc2c(c1)nc(-c1ccccc1)n2-c1cccc(C(=O)O)c1. The number of nitrogens with zero attached hydrogens (tertiary/aromatic N) is 3. The van der Waals surface area contributed by atoms with Gasteiger partial charge in [-0.2, -0.15) is 0 Å². The molecule has 0 bridgehead atoms. The van der Waals surface area contributed by atoms with Gasteiger partial charge in [0.2, 0.25) is 0 Å². The average molecular weight is 339 g/mol. The first-order valence-electron chi connectivity index (χ1n) is 7.96. The highest BCUT2D eigenvalue weighted by molar-refractivity contribution is 5.90. The molecule has 0 saturated heterocycles. The van der Waals surface area contributed by atoms with Crippen molar-refractivity contribution in [1.29, 1.82) is 0 Å². The second kappa shape index (κ2) is 6.19. The van der Waals surface area contributed by atoms with Crippen LogP contribution in [-0.2, 0) is 0 Å². The van der Waals surface area contributed by atoms with E-state index in [-0.39, 0.29) is 5.56 Å². The van der Waals surface area contributed by atoms with E-state index >= 15 is 0 Å². The number of carboxylic acids is 1. The van der Waals surface area contributed by atoms with Crippen LogP contribution >= 0.6 is 0 Å². The Bertz CT molecular complexity index is 1170. The number of fused-ring (bicyclic) bond motifs is 1. The third kappa shape index (κ3) is 2.60. The van der Waals surface area contributed by atoms with Gasteiger partial charge in [-0.05, 0) is 30.3 Å². The summed E-state index contributed by atoms with van der Waals surface area (Å²) in [6.45, 7) is 7.21. The molecule has 5 nitrogen and oxygen atoms in total. The molecule has 0 radical (unpaired) electrons. The van der Waals surface area contributed by atoms with Crippen LogP contribution in [0.15, 0.2) is 72.8 Å². The monoisotopic (exact) mass is 339 g/mol.